The normalized spacial score (nSPS) is 18.0. The highest BCUT2D eigenvalue weighted by molar-refractivity contribution is 5.99. The third-order valence-corrected chi connectivity index (χ3v) is 9.94. The van der Waals surface area contributed by atoms with Crippen molar-refractivity contribution in [3.8, 4) is 17.2 Å². The van der Waals surface area contributed by atoms with E-state index in [0.29, 0.717) is 42.6 Å². The Morgan fingerprint density at radius 3 is 2.58 bits per heavy atom. The van der Waals surface area contributed by atoms with E-state index >= 15 is 0 Å². The van der Waals surface area contributed by atoms with Crippen LogP contribution in [0.1, 0.15) is 107 Å². The molecule has 0 fully saturated rings. The van der Waals surface area contributed by atoms with Crippen molar-refractivity contribution in [2.24, 2.45) is 11.7 Å². The lowest BCUT2D eigenvalue weighted by atomic mass is 9.68. The van der Waals surface area contributed by atoms with Crippen molar-refractivity contribution in [1.29, 1.82) is 0 Å². The molecule has 8 nitrogen and oxygen atoms in total. The number of rotatable bonds is 15. The summed E-state index contributed by atoms with van der Waals surface area (Å²) in [6.07, 6.45) is 17.9. The quantitative estimate of drug-likeness (QED) is 0.0493. The summed E-state index contributed by atoms with van der Waals surface area (Å²) in [5.74, 6) is -0.0386. The lowest BCUT2D eigenvalue weighted by Crippen LogP contribution is -2.31. The van der Waals surface area contributed by atoms with Crippen molar-refractivity contribution in [1.82, 2.24) is 10.3 Å². The fourth-order valence-electron chi connectivity index (χ4n) is 7.20. The smallest absolute Gasteiger partial charge is 0.168 e. The Balaban J connectivity index is 1.19. The topological polar surface area (TPSA) is 138 Å². The molecule has 0 amide bonds. The van der Waals surface area contributed by atoms with Gasteiger partial charge in [0, 0.05) is 48.2 Å². The minimum Gasteiger partial charge on any atom is -0.508 e. The molecule has 1 aliphatic carbocycles. The first-order valence-electron chi connectivity index (χ1n) is 17.8. The van der Waals surface area contributed by atoms with Gasteiger partial charge in [-0.25, -0.2) is 0 Å². The fourth-order valence-corrected chi connectivity index (χ4v) is 7.20. The average molecular weight is 674 g/mol. The van der Waals surface area contributed by atoms with E-state index in [1.54, 1.807) is 42.7 Å². The third kappa shape index (κ3) is 8.03. The summed E-state index contributed by atoms with van der Waals surface area (Å²) in [5, 5.41) is 25.0. The first-order chi connectivity index (χ1) is 24.3. The Kier molecular flexibility index (Phi) is 11.2. The standard InChI is InChI=1S/C42H47N3O5/c1-2-3-4-5-6-7-32(46)12-8-27-10-15-38(48)39(23-27)50-21-18-28-9-14-37(47)36(22-28)40-33(41(49)31-16-19-44-26-31)13-11-29-25-35-30(24-34(29)40)17-20-45-42(35)43/h6-7,9-10,14-17,19-20,22-26,33,40,42,44-45,47-48H,2-5,8,11-13,18,21,43H2,1H3. The van der Waals surface area contributed by atoms with Gasteiger partial charge in [0.2, 0.25) is 0 Å². The molecule has 0 saturated carbocycles. The van der Waals surface area contributed by atoms with Crippen molar-refractivity contribution in [2.75, 3.05) is 6.61 Å². The number of phenolic OH excluding ortho intramolecular Hbond substituents is 2. The molecule has 1 aromatic heterocycles. The Bertz CT molecular complexity index is 1880. The van der Waals surface area contributed by atoms with Crippen LogP contribution in [0.3, 0.4) is 0 Å². The van der Waals surface area contributed by atoms with E-state index in [1.807, 2.05) is 36.6 Å². The van der Waals surface area contributed by atoms with Crippen LogP contribution in [0.25, 0.3) is 6.08 Å². The molecule has 0 spiro atoms. The predicted octanol–water partition coefficient (Wildman–Crippen LogP) is 7.79. The van der Waals surface area contributed by atoms with E-state index < -0.39 is 0 Å². The van der Waals surface area contributed by atoms with Gasteiger partial charge in [0.05, 0.1) is 6.61 Å². The van der Waals surface area contributed by atoms with Crippen LogP contribution in [0.5, 0.6) is 17.2 Å². The number of ether oxygens (including phenoxy) is 1. The number of hydrogen-bond donors (Lipinski definition) is 5. The summed E-state index contributed by atoms with van der Waals surface area (Å²) in [6.45, 7) is 2.45. The number of aromatic amines is 1. The molecule has 3 unspecified atom stereocenters. The van der Waals surface area contributed by atoms with E-state index in [1.165, 1.54) is 6.42 Å². The van der Waals surface area contributed by atoms with Gasteiger partial charge in [-0.3, -0.25) is 9.59 Å². The van der Waals surface area contributed by atoms with Crippen molar-refractivity contribution in [3.63, 3.8) is 0 Å². The zero-order chi connectivity index (χ0) is 35.0. The van der Waals surface area contributed by atoms with E-state index in [2.05, 4.69) is 29.4 Å². The second-order valence-corrected chi connectivity index (χ2v) is 13.4. The van der Waals surface area contributed by atoms with E-state index in [0.717, 1.165) is 59.1 Å². The van der Waals surface area contributed by atoms with Gasteiger partial charge in [-0.1, -0.05) is 56.2 Å². The molecular formula is C42H47N3O5. The van der Waals surface area contributed by atoms with Gasteiger partial charge in [0.25, 0.3) is 0 Å². The maximum atomic E-state index is 13.9. The first-order valence-corrected chi connectivity index (χ1v) is 17.8. The number of allylic oxidation sites excluding steroid dienone is 2. The van der Waals surface area contributed by atoms with Crippen molar-refractivity contribution in [2.45, 2.75) is 76.8 Å². The molecule has 6 N–H and O–H groups in total. The second-order valence-electron chi connectivity index (χ2n) is 13.4. The number of carbonyl (C=O) groups excluding carboxylic acids is 2. The maximum Gasteiger partial charge on any atom is 0.168 e. The van der Waals surface area contributed by atoms with Gasteiger partial charge in [-0.05, 0) is 108 Å². The fraction of sp³-hybridized carbons (Fsp3) is 0.333. The monoisotopic (exact) mass is 673 g/mol. The summed E-state index contributed by atoms with van der Waals surface area (Å²) in [5.41, 5.74) is 13.7. The number of Topliss-reactive ketones (excluding diaryl/α,β-unsaturated/α-hetero) is 1. The molecule has 1 aliphatic heterocycles. The molecule has 6 rings (SSSR count). The first kappa shape index (κ1) is 34.8. The van der Waals surface area contributed by atoms with Gasteiger partial charge in [-0.15, -0.1) is 0 Å². The predicted molar refractivity (Wildman–Crippen MR) is 196 cm³/mol. The Hall–Kier alpha value is -5.08. The van der Waals surface area contributed by atoms with Gasteiger partial charge >= 0.3 is 0 Å². The summed E-state index contributed by atoms with van der Waals surface area (Å²) < 4.78 is 6.05. The highest BCUT2D eigenvalue weighted by Gasteiger charge is 2.38. The van der Waals surface area contributed by atoms with Crippen molar-refractivity contribution < 1.29 is 24.5 Å². The molecule has 0 radical (unpaired) electrons. The number of nitrogens with one attached hydrogen (secondary N) is 2. The molecule has 3 atom stereocenters. The number of benzene rings is 3. The molecule has 260 valence electrons. The van der Waals surface area contributed by atoms with E-state index in [4.69, 9.17) is 10.5 Å². The average Bonchev–Trinajstić information content (AvgIpc) is 3.67. The summed E-state index contributed by atoms with van der Waals surface area (Å²) in [6, 6.07) is 16.8. The number of fused-ring (bicyclic) bond motifs is 2. The number of aromatic nitrogens is 1. The largest absolute Gasteiger partial charge is 0.508 e. The van der Waals surface area contributed by atoms with E-state index in [-0.39, 0.29) is 47.7 Å². The molecular weight excluding hydrogens is 626 g/mol. The zero-order valence-electron chi connectivity index (χ0n) is 28.7. The molecule has 50 heavy (non-hydrogen) atoms. The van der Waals surface area contributed by atoms with Crippen LogP contribution in [0.15, 0.2) is 85.3 Å². The van der Waals surface area contributed by atoms with Crippen LogP contribution in [-0.2, 0) is 24.1 Å². The molecule has 4 aromatic rings. The molecule has 8 heteroatoms. The number of aromatic hydroxyl groups is 2. The molecule has 2 aliphatic rings. The van der Waals surface area contributed by atoms with E-state index in [9.17, 15) is 19.8 Å². The van der Waals surface area contributed by atoms with Crippen molar-refractivity contribution >= 4 is 17.6 Å². The number of ketones is 2. The zero-order valence-corrected chi connectivity index (χ0v) is 28.7. The van der Waals surface area contributed by atoms with Crippen LogP contribution in [0.2, 0.25) is 0 Å². The SMILES string of the molecule is CCCCCC=CC(=O)CCc1ccc(O)c(OCCc2ccc(O)c(C3c4cc5c(cc4CCC3C(=O)c3cc[nH]c3)C(N)NC=C5)c2)c1. The Morgan fingerprint density at radius 1 is 0.960 bits per heavy atom. The summed E-state index contributed by atoms with van der Waals surface area (Å²) in [7, 11) is 0. The summed E-state index contributed by atoms with van der Waals surface area (Å²) in [4.78, 5) is 29.3. The second kappa shape index (κ2) is 16.1. The number of carbonyl (C=O) groups is 2. The lowest BCUT2D eigenvalue weighted by molar-refractivity contribution is -0.114. The summed E-state index contributed by atoms with van der Waals surface area (Å²) >= 11 is 0. The van der Waals surface area contributed by atoms with Crippen LogP contribution in [-0.4, -0.2) is 33.4 Å². The molecule has 2 heterocycles. The minimum atomic E-state index is -0.365. The molecule has 0 saturated heterocycles. The number of phenols is 2. The highest BCUT2D eigenvalue weighted by atomic mass is 16.5. The highest BCUT2D eigenvalue weighted by Crippen LogP contribution is 2.47. The maximum absolute atomic E-state index is 13.9. The van der Waals surface area contributed by atoms with Crippen LogP contribution in [0, 0.1) is 5.92 Å². The number of unbranched alkanes of at least 4 members (excludes halogenated alkanes) is 3. The Labute approximate surface area is 294 Å². The lowest BCUT2D eigenvalue weighted by Gasteiger charge is -2.35. The Morgan fingerprint density at radius 2 is 1.78 bits per heavy atom. The molecule has 3 aromatic carbocycles. The molecule has 0 bridgehead atoms. The van der Waals surface area contributed by atoms with Crippen molar-refractivity contribution in [3.05, 3.63) is 130 Å². The van der Waals surface area contributed by atoms with Crippen LogP contribution >= 0.6 is 0 Å². The third-order valence-electron chi connectivity index (χ3n) is 9.94. The van der Waals surface area contributed by atoms with Gasteiger partial charge < -0.3 is 31.0 Å². The minimum absolute atomic E-state index is 0.0412. The van der Waals surface area contributed by atoms with Crippen LogP contribution < -0.4 is 15.8 Å². The number of H-pyrrole nitrogens is 1. The number of hydrogen-bond acceptors (Lipinski definition) is 7. The van der Waals surface area contributed by atoms with Crippen LogP contribution in [0.4, 0.5) is 0 Å². The van der Waals surface area contributed by atoms with Gasteiger partial charge in [-0.2, -0.15) is 0 Å². The number of nitrogens with two attached hydrogens (primary N) is 1. The number of aryl methyl sites for hydroxylation is 2. The van der Waals surface area contributed by atoms with Gasteiger partial charge in [0.15, 0.2) is 23.1 Å². The van der Waals surface area contributed by atoms with Gasteiger partial charge in [0.1, 0.15) is 11.9 Å².